The van der Waals surface area contributed by atoms with E-state index in [2.05, 4.69) is 42.8 Å². The Hall–Kier alpha value is -0.760. The fourth-order valence-corrected chi connectivity index (χ4v) is 3.94. The third-order valence-electron chi connectivity index (χ3n) is 2.74. The predicted octanol–water partition coefficient (Wildman–Crippen LogP) is 4.81. The Bertz CT molecular complexity index is 631. The van der Waals surface area contributed by atoms with Crippen LogP contribution in [-0.2, 0) is 13.1 Å². The third-order valence-corrected chi connectivity index (χ3v) is 5.34. The zero-order valence-electron chi connectivity index (χ0n) is 10.7. The van der Waals surface area contributed by atoms with Gasteiger partial charge in [0.2, 0.25) is 0 Å². The molecule has 1 heterocycles. The van der Waals surface area contributed by atoms with Gasteiger partial charge in [-0.1, -0.05) is 12.1 Å². The first-order chi connectivity index (χ1) is 9.47. The van der Waals surface area contributed by atoms with Crippen molar-refractivity contribution in [1.29, 1.82) is 0 Å². The summed E-state index contributed by atoms with van der Waals surface area (Å²) in [6.07, 6.45) is 0. The highest BCUT2D eigenvalue weighted by molar-refractivity contribution is 9.11. The number of nitro benzene ring substituents is 1. The number of hydrogen-bond acceptors (Lipinski definition) is 4. The lowest BCUT2D eigenvalue weighted by Gasteiger charge is -2.16. The Morgan fingerprint density at radius 2 is 2.10 bits per heavy atom. The smallest absolute Gasteiger partial charge is 0.283 e. The molecular formula is C13H12Br2N2O2S. The van der Waals surface area contributed by atoms with Gasteiger partial charge in [0.1, 0.15) is 0 Å². The van der Waals surface area contributed by atoms with Crippen LogP contribution in [-0.4, -0.2) is 16.9 Å². The molecule has 2 aromatic rings. The average Bonchev–Trinajstić information content (AvgIpc) is 2.77. The number of halogens is 2. The lowest BCUT2D eigenvalue weighted by Crippen LogP contribution is -2.17. The molecule has 2 rings (SSSR count). The molecule has 0 fully saturated rings. The van der Waals surface area contributed by atoms with E-state index >= 15 is 0 Å². The van der Waals surface area contributed by atoms with Crippen LogP contribution in [0.25, 0.3) is 0 Å². The van der Waals surface area contributed by atoms with Crippen molar-refractivity contribution in [3.8, 4) is 0 Å². The molecule has 0 spiro atoms. The van der Waals surface area contributed by atoms with Crippen molar-refractivity contribution in [2.75, 3.05) is 7.05 Å². The number of rotatable bonds is 5. The molecule has 0 unspecified atom stereocenters. The van der Waals surface area contributed by atoms with Gasteiger partial charge in [-0.25, -0.2) is 0 Å². The fraction of sp³-hybridized carbons (Fsp3) is 0.231. The predicted molar refractivity (Wildman–Crippen MR) is 88.0 cm³/mol. The van der Waals surface area contributed by atoms with Crippen molar-refractivity contribution in [2.45, 2.75) is 13.1 Å². The molecule has 4 nitrogen and oxygen atoms in total. The molecular weight excluding hydrogens is 408 g/mol. The topological polar surface area (TPSA) is 46.4 Å². The van der Waals surface area contributed by atoms with Crippen LogP contribution in [0.4, 0.5) is 5.69 Å². The van der Waals surface area contributed by atoms with Crippen LogP contribution >= 0.6 is 43.2 Å². The highest BCUT2D eigenvalue weighted by atomic mass is 79.9. The molecule has 1 aromatic heterocycles. The molecule has 0 radical (unpaired) electrons. The monoisotopic (exact) mass is 418 g/mol. The lowest BCUT2D eigenvalue weighted by atomic mass is 10.2. The van der Waals surface area contributed by atoms with E-state index in [-0.39, 0.29) is 10.6 Å². The summed E-state index contributed by atoms with van der Waals surface area (Å²) >= 11 is 8.45. The van der Waals surface area contributed by atoms with E-state index < -0.39 is 0 Å². The maximum Gasteiger partial charge on any atom is 0.283 e. The second-order valence-electron chi connectivity index (χ2n) is 4.41. The van der Waals surface area contributed by atoms with Gasteiger partial charge >= 0.3 is 0 Å². The molecule has 0 saturated carbocycles. The van der Waals surface area contributed by atoms with Crippen molar-refractivity contribution in [3.63, 3.8) is 0 Å². The van der Waals surface area contributed by atoms with E-state index in [4.69, 9.17) is 0 Å². The first kappa shape index (κ1) is 15.6. The summed E-state index contributed by atoms with van der Waals surface area (Å²) in [6.45, 7) is 1.46. The SMILES string of the molecule is CN(Cc1cc(Br)cs1)Cc1cccc([N+](=O)[O-])c1Br. The summed E-state index contributed by atoms with van der Waals surface area (Å²) in [5.74, 6) is 0. The zero-order valence-corrected chi connectivity index (χ0v) is 14.7. The fourth-order valence-electron chi connectivity index (χ4n) is 1.88. The molecule has 0 amide bonds. The van der Waals surface area contributed by atoms with Crippen LogP contribution in [0.3, 0.4) is 0 Å². The van der Waals surface area contributed by atoms with Crippen molar-refractivity contribution in [3.05, 3.63) is 59.1 Å². The minimum absolute atomic E-state index is 0.106. The molecule has 0 atom stereocenters. The van der Waals surface area contributed by atoms with Gasteiger partial charge in [-0.15, -0.1) is 11.3 Å². The van der Waals surface area contributed by atoms with Crippen LogP contribution < -0.4 is 0 Å². The third kappa shape index (κ3) is 3.88. The average molecular weight is 420 g/mol. The van der Waals surface area contributed by atoms with Gasteiger partial charge in [0.05, 0.1) is 9.40 Å². The second-order valence-corrected chi connectivity index (χ2v) is 7.12. The molecule has 0 aliphatic carbocycles. The summed E-state index contributed by atoms with van der Waals surface area (Å²) in [7, 11) is 2.00. The first-order valence-electron chi connectivity index (χ1n) is 5.80. The molecule has 0 N–H and O–H groups in total. The number of benzene rings is 1. The van der Waals surface area contributed by atoms with Crippen molar-refractivity contribution >= 4 is 48.9 Å². The highest BCUT2D eigenvalue weighted by Gasteiger charge is 2.15. The van der Waals surface area contributed by atoms with E-state index in [1.165, 1.54) is 10.9 Å². The summed E-state index contributed by atoms with van der Waals surface area (Å²) in [5.41, 5.74) is 1.02. The Morgan fingerprint density at radius 1 is 1.35 bits per heavy atom. The Morgan fingerprint density at radius 3 is 2.70 bits per heavy atom. The van der Waals surface area contributed by atoms with Crippen molar-refractivity contribution in [1.82, 2.24) is 4.90 Å². The number of hydrogen-bond donors (Lipinski definition) is 0. The van der Waals surface area contributed by atoms with Crippen LogP contribution in [0.2, 0.25) is 0 Å². The maximum absolute atomic E-state index is 10.9. The molecule has 106 valence electrons. The maximum atomic E-state index is 10.9. The van der Waals surface area contributed by atoms with E-state index in [9.17, 15) is 10.1 Å². The number of nitro groups is 1. The first-order valence-corrected chi connectivity index (χ1v) is 8.27. The van der Waals surface area contributed by atoms with Gasteiger partial charge in [-0.3, -0.25) is 15.0 Å². The minimum Gasteiger partial charge on any atom is -0.297 e. The number of nitrogens with zero attached hydrogens (tertiary/aromatic N) is 2. The van der Waals surface area contributed by atoms with Crippen LogP contribution in [0.15, 0.2) is 38.6 Å². The van der Waals surface area contributed by atoms with E-state index in [0.717, 1.165) is 16.6 Å². The normalized spacial score (nSPS) is 11.0. The second kappa shape index (κ2) is 6.80. The Balaban J connectivity index is 2.09. The van der Waals surface area contributed by atoms with Crippen molar-refractivity contribution in [2.24, 2.45) is 0 Å². The quantitative estimate of drug-likeness (QED) is 0.515. The van der Waals surface area contributed by atoms with Gasteiger partial charge in [-0.2, -0.15) is 0 Å². The Kier molecular flexibility index (Phi) is 5.31. The number of thiophene rings is 1. The van der Waals surface area contributed by atoms with Gasteiger partial charge in [0.25, 0.3) is 5.69 Å². The van der Waals surface area contributed by atoms with E-state index in [1.54, 1.807) is 17.4 Å². The molecule has 0 aliphatic heterocycles. The zero-order chi connectivity index (χ0) is 14.7. The van der Waals surface area contributed by atoms with Crippen LogP contribution in [0.1, 0.15) is 10.4 Å². The Labute approximate surface area is 137 Å². The summed E-state index contributed by atoms with van der Waals surface area (Å²) in [5, 5.41) is 13.0. The van der Waals surface area contributed by atoms with Gasteiger partial charge in [-0.05, 0) is 50.5 Å². The molecule has 20 heavy (non-hydrogen) atoms. The van der Waals surface area contributed by atoms with Crippen LogP contribution in [0.5, 0.6) is 0 Å². The molecule has 0 bridgehead atoms. The summed E-state index contributed by atoms with van der Waals surface area (Å²) in [6, 6.07) is 7.21. The highest BCUT2D eigenvalue weighted by Crippen LogP contribution is 2.29. The van der Waals surface area contributed by atoms with E-state index in [1.807, 2.05) is 18.5 Å². The van der Waals surface area contributed by atoms with Gasteiger partial charge < -0.3 is 0 Å². The van der Waals surface area contributed by atoms with E-state index in [0.29, 0.717) is 11.0 Å². The molecule has 1 aromatic carbocycles. The largest absolute Gasteiger partial charge is 0.297 e. The molecule has 0 saturated heterocycles. The minimum atomic E-state index is -0.371. The van der Waals surface area contributed by atoms with Gasteiger partial charge in [0, 0.05) is 33.9 Å². The van der Waals surface area contributed by atoms with Crippen LogP contribution in [0, 0.1) is 10.1 Å². The lowest BCUT2D eigenvalue weighted by molar-refractivity contribution is -0.385. The van der Waals surface area contributed by atoms with Crippen molar-refractivity contribution < 1.29 is 4.92 Å². The van der Waals surface area contributed by atoms with Gasteiger partial charge in [0.15, 0.2) is 0 Å². The summed E-state index contributed by atoms with van der Waals surface area (Å²) in [4.78, 5) is 13.9. The molecule has 0 aliphatic rings. The summed E-state index contributed by atoms with van der Waals surface area (Å²) < 4.78 is 1.65. The molecule has 7 heteroatoms. The standard InChI is InChI=1S/C13H12Br2N2O2S/c1-16(7-11-5-10(14)8-20-11)6-9-3-2-4-12(13(9)15)17(18)19/h2-5,8H,6-7H2,1H3.